The lowest BCUT2D eigenvalue weighted by molar-refractivity contribution is -0.139. The van der Waals surface area contributed by atoms with Crippen molar-refractivity contribution in [2.45, 2.75) is 69.5 Å². The maximum Gasteiger partial charge on any atom is 0.264 e. The Morgan fingerprint density at radius 2 is 1.49 bits per heavy atom. The number of methoxy groups -OCH3 is 3. The first kappa shape index (κ1) is 33.6. The van der Waals surface area contributed by atoms with Crippen LogP contribution in [-0.2, 0) is 26.2 Å². The van der Waals surface area contributed by atoms with E-state index in [2.05, 4.69) is 5.32 Å². The minimum Gasteiger partial charge on any atom is -0.497 e. The highest BCUT2D eigenvalue weighted by molar-refractivity contribution is 7.92. The predicted molar refractivity (Wildman–Crippen MR) is 173 cm³/mol. The third kappa shape index (κ3) is 8.27. The Morgan fingerprint density at radius 3 is 2.09 bits per heavy atom. The van der Waals surface area contributed by atoms with Crippen molar-refractivity contribution in [3.63, 3.8) is 0 Å². The number of amides is 2. The molecule has 0 radical (unpaired) electrons. The average Bonchev–Trinajstić information content (AvgIpc) is 3.06. The molecule has 1 aliphatic carbocycles. The average molecular weight is 638 g/mol. The number of hydrogen-bond donors (Lipinski definition) is 1. The molecule has 242 valence electrons. The van der Waals surface area contributed by atoms with Crippen LogP contribution in [0, 0.1) is 6.92 Å². The summed E-state index contributed by atoms with van der Waals surface area (Å²) in [6.45, 7) is 3.02. The van der Waals surface area contributed by atoms with Crippen molar-refractivity contribution in [3.05, 3.63) is 77.9 Å². The van der Waals surface area contributed by atoms with Crippen LogP contribution in [0.25, 0.3) is 0 Å². The molecule has 45 heavy (non-hydrogen) atoms. The van der Waals surface area contributed by atoms with E-state index in [4.69, 9.17) is 14.2 Å². The van der Waals surface area contributed by atoms with E-state index < -0.39 is 28.5 Å². The van der Waals surface area contributed by atoms with Gasteiger partial charge in [-0.25, -0.2) is 8.42 Å². The van der Waals surface area contributed by atoms with Gasteiger partial charge in [0.15, 0.2) is 0 Å². The smallest absolute Gasteiger partial charge is 0.264 e. The van der Waals surface area contributed by atoms with Gasteiger partial charge in [0.05, 0.1) is 31.9 Å². The Bertz CT molecular complexity index is 1550. The number of anilines is 1. The summed E-state index contributed by atoms with van der Waals surface area (Å²) < 4.78 is 45.7. The second-order valence-corrected chi connectivity index (χ2v) is 13.1. The number of carbonyl (C=O) groups is 2. The highest BCUT2D eigenvalue weighted by Gasteiger charge is 2.34. The molecule has 0 aliphatic heterocycles. The Morgan fingerprint density at radius 1 is 0.867 bits per heavy atom. The van der Waals surface area contributed by atoms with Crippen LogP contribution in [-0.4, -0.2) is 65.1 Å². The molecule has 1 saturated carbocycles. The van der Waals surface area contributed by atoms with E-state index in [1.807, 2.05) is 19.1 Å². The standard InChI is InChI=1S/C34H43N3O7S/c1-24-11-18-30(19-12-24)45(40,41)37(31-21-29(43-4)17-20-32(31)44-5)23-33(38)36(22-26-13-15-28(42-3)16-14-26)25(2)34(39)35-27-9-7-6-8-10-27/h11-21,25,27H,6-10,22-23H2,1-5H3,(H,35,39). The maximum absolute atomic E-state index is 14.3. The molecular weight excluding hydrogens is 594 g/mol. The zero-order valence-corrected chi connectivity index (χ0v) is 27.4. The van der Waals surface area contributed by atoms with Crippen molar-refractivity contribution >= 4 is 27.5 Å². The number of sulfonamides is 1. The summed E-state index contributed by atoms with van der Waals surface area (Å²) in [6, 6.07) is 17.5. The molecule has 0 saturated heterocycles. The van der Waals surface area contributed by atoms with E-state index in [0.717, 1.165) is 47.5 Å². The van der Waals surface area contributed by atoms with Gasteiger partial charge in [-0.2, -0.15) is 0 Å². The lowest BCUT2D eigenvalue weighted by Gasteiger charge is -2.33. The van der Waals surface area contributed by atoms with Crippen LogP contribution in [0.2, 0.25) is 0 Å². The Hall–Kier alpha value is -4.25. The Kier molecular flexibility index (Phi) is 11.3. The van der Waals surface area contributed by atoms with Crippen LogP contribution in [0.15, 0.2) is 71.6 Å². The number of hydrogen-bond acceptors (Lipinski definition) is 7. The Labute approximate surface area is 266 Å². The monoisotopic (exact) mass is 637 g/mol. The molecule has 2 amide bonds. The molecule has 11 heteroatoms. The predicted octanol–water partition coefficient (Wildman–Crippen LogP) is 5.08. The number of nitrogens with one attached hydrogen (secondary N) is 1. The van der Waals surface area contributed by atoms with Crippen molar-refractivity contribution in [1.82, 2.24) is 10.2 Å². The number of ether oxygens (including phenoxy) is 3. The third-order valence-electron chi connectivity index (χ3n) is 8.17. The second-order valence-electron chi connectivity index (χ2n) is 11.3. The largest absolute Gasteiger partial charge is 0.497 e. The summed E-state index contributed by atoms with van der Waals surface area (Å²) in [5, 5.41) is 3.12. The fourth-order valence-electron chi connectivity index (χ4n) is 5.42. The maximum atomic E-state index is 14.3. The van der Waals surface area contributed by atoms with Crippen molar-refractivity contribution in [3.8, 4) is 17.2 Å². The van der Waals surface area contributed by atoms with Crippen LogP contribution in [0.5, 0.6) is 17.2 Å². The third-order valence-corrected chi connectivity index (χ3v) is 9.95. The van der Waals surface area contributed by atoms with Crippen molar-refractivity contribution in [2.75, 3.05) is 32.2 Å². The summed E-state index contributed by atoms with van der Waals surface area (Å²) in [5.74, 6) is 0.440. The number of benzene rings is 3. The molecule has 1 aliphatic rings. The molecule has 0 heterocycles. The van der Waals surface area contributed by atoms with Crippen molar-refractivity contribution < 1.29 is 32.2 Å². The summed E-state index contributed by atoms with van der Waals surface area (Å²) >= 11 is 0. The van der Waals surface area contributed by atoms with E-state index in [1.54, 1.807) is 50.4 Å². The molecule has 1 N–H and O–H groups in total. The SMILES string of the molecule is COc1ccc(CN(C(=O)CN(c2cc(OC)ccc2OC)S(=O)(=O)c2ccc(C)cc2)C(C)C(=O)NC2CCCCC2)cc1. The lowest BCUT2D eigenvalue weighted by atomic mass is 9.95. The minimum atomic E-state index is -4.27. The van der Waals surface area contributed by atoms with Gasteiger partial charge in [0.1, 0.15) is 29.8 Å². The normalized spacial score (nSPS) is 14.2. The first-order valence-corrected chi connectivity index (χ1v) is 16.6. The number of nitrogens with zero attached hydrogens (tertiary/aromatic N) is 2. The van der Waals surface area contributed by atoms with E-state index >= 15 is 0 Å². The van der Waals surface area contributed by atoms with E-state index in [0.29, 0.717) is 11.5 Å². The van der Waals surface area contributed by atoms with Gasteiger partial charge in [0.25, 0.3) is 10.0 Å². The zero-order valence-electron chi connectivity index (χ0n) is 26.6. The van der Waals surface area contributed by atoms with Crippen LogP contribution < -0.4 is 23.8 Å². The number of aryl methyl sites for hydroxylation is 1. The minimum absolute atomic E-state index is 0.00978. The quantitative estimate of drug-likeness (QED) is 0.278. The molecule has 0 bridgehead atoms. The van der Waals surface area contributed by atoms with E-state index in [-0.39, 0.29) is 34.8 Å². The van der Waals surface area contributed by atoms with Crippen molar-refractivity contribution in [2.24, 2.45) is 0 Å². The van der Waals surface area contributed by atoms with E-state index in [9.17, 15) is 18.0 Å². The fraction of sp³-hybridized carbons (Fsp3) is 0.412. The topological polar surface area (TPSA) is 114 Å². The highest BCUT2D eigenvalue weighted by Crippen LogP contribution is 2.36. The van der Waals surface area contributed by atoms with Gasteiger partial charge >= 0.3 is 0 Å². The molecular formula is C34H43N3O7S. The van der Waals surface area contributed by atoms with Gasteiger partial charge < -0.3 is 24.4 Å². The van der Waals surface area contributed by atoms with Gasteiger partial charge in [-0.05, 0) is 68.7 Å². The molecule has 3 aromatic carbocycles. The molecule has 1 unspecified atom stereocenters. The molecule has 1 fully saturated rings. The first-order chi connectivity index (χ1) is 21.6. The summed E-state index contributed by atoms with van der Waals surface area (Å²) in [7, 11) is 0.193. The first-order valence-electron chi connectivity index (χ1n) is 15.1. The van der Waals surface area contributed by atoms with Gasteiger partial charge in [-0.3, -0.25) is 13.9 Å². The van der Waals surface area contributed by atoms with Gasteiger partial charge in [0.2, 0.25) is 11.8 Å². The fourth-order valence-corrected chi connectivity index (χ4v) is 6.84. The zero-order chi connectivity index (χ0) is 32.6. The number of carbonyl (C=O) groups excluding carboxylic acids is 2. The molecule has 1 atom stereocenters. The molecule has 3 aromatic rings. The highest BCUT2D eigenvalue weighted by atomic mass is 32.2. The van der Waals surface area contributed by atoms with Crippen LogP contribution in [0.3, 0.4) is 0 Å². The molecule has 4 rings (SSSR count). The Balaban J connectivity index is 1.74. The summed E-state index contributed by atoms with van der Waals surface area (Å²) in [5.41, 5.74) is 1.78. The summed E-state index contributed by atoms with van der Waals surface area (Å²) in [6.07, 6.45) is 5.01. The molecule has 0 aromatic heterocycles. The second kappa shape index (κ2) is 15.2. The van der Waals surface area contributed by atoms with Gasteiger partial charge in [-0.15, -0.1) is 0 Å². The lowest BCUT2D eigenvalue weighted by Crippen LogP contribution is -2.53. The van der Waals surface area contributed by atoms with Crippen LogP contribution in [0.1, 0.15) is 50.2 Å². The van der Waals surface area contributed by atoms with Crippen LogP contribution >= 0.6 is 0 Å². The van der Waals surface area contributed by atoms with Crippen molar-refractivity contribution in [1.29, 1.82) is 0 Å². The number of rotatable bonds is 13. The summed E-state index contributed by atoms with van der Waals surface area (Å²) in [4.78, 5) is 29.3. The van der Waals surface area contributed by atoms with E-state index in [1.165, 1.54) is 37.3 Å². The van der Waals surface area contributed by atoms with Crippen LogP contribution in [0.4, 0.5) is 5.69 Å². The van der Waals surface area contributed by atoms with Gasteiger partial charge in [0, 0.05) is 18.7 Å². The molecule has 0 spiro atoms. The molecule has 10 nitrogen and oxygen atoms in total. The van der Waals surface area contributed by atoms with Gasteiger partial charge in [-0.1, -0.05) is 49.1 Å².